The molecule has 0 unspecified atom stereocenters. The number of nitrogen functional groups attached to an aromatic ring is 1. The predicted molar refractivity (Wildman–Crippen MR) is 85.5 cm³/mol. The van der Waals surface area contributed by atoms with E-state index in [1.165, 1.54) is 24.3 Å². The van der Waals surface area contributed by atoms with Crippen molar-refractivity contribution in [2.75, 3.05) is 10.5 Å². The SMILES string of the molecule is Cc1c(N)cc(Cl)cc1S(=O)(=O)Nc1ccc(Br)c(F)c1. The van der Waals surface area contributed by atoms with Gasteiger partial charge in [0.2, 0.25) is 0 Å². The minimum atomic E-state index is -3.92. The van der Waals surface area contributed by atoms with Crippen LogP contribution in [0.2, 0.25) is 5.02 Å². The molecule has 3 N–H and O–H groups in total. The average molecular weight is 394 g/mol. The summed E-state index contributed by atoms with van der Waals surface area (Å²) >= 11 is 8.84. The Morgan fingerprint density at radius 3 is 2.57 bits per heavy atom. The molecule has 0 amide bonds. The van der Waals surface area contributed by atoms with E-state index in [1.807, 2.05) is 0 Å². The maximum atomic E-state index is 13.4. The first-order chi connectivity index (χ1) is 9.70. The van der Waals surface area contributed by atoms with Crippen LogP contribution in [0.5, 0.6) is 0 Å². The van der Waals surface area contributed by atoms with E-state index in [9.17, 15) is 12.8 Å². The van der Waals surface area contributed by atoms with E-state index in [4.69, 9.17) is 17.3 Å². The molecule has 0 aliphatic rings. The largest absolute Gasteiger partial charge is 0.398 e. The normalized spacial score (nSPS) is 11.4. The van der Waals surface area contributed by atoms with Crippen molar-refractivity contribution >= 4 is 48.9 Å². The zero-order chi connectivity index (χ0) is 15.8. The fourth-order valence-corrected chi connectivity index (χ4v) is 3.61. The number of sulfonamides is 1. The topological polar surface area (TPSA) is 72.2 Å². The minimum absolute atomic E-state index is 0.0455. The van der Waals surface area contributed by atoms with Crippen molar-refractivity contribution < 1.29 is 12.8 Å². The van der Waals surface area contributed by atoms with Gasteiger partial charge in [-0.15, -0.1) is 0 Å². The van der Waals surface area contributed by atoms with Crippen molar-refractivity contribution in [1.29, 1.82) is 0 Å². The van der Waals surface area contributed by atoms with Gasteiger partial charge in [-0.25, -0.2) is 12.8 Å². The predicted octanol–water partition coefficient (Wildman–Crippen LogP) is 3.93. The fraction of sp³-hybridized carbons (Fsp3) is 0.0769. The van der Waals surface area contributed by atoms with E-state index in [2.05, 4.69) is 20.7 Å². The number of anilines is 2. The van der Waals surface area contributed by atoms with Gasteiger partial charge in [0.25, 0.3) is 10.0 Å². The van der Waals surface area contributed by atoms with Crippen molar-refractivity contribution in [3.63, 3.8) is 0 Å². The lowest BCUT2D eigenvalue weighted by Gasteiger charge is -2.12. The summed E-state index contributed by atoms with van der Waals surface area (Å²) in [6.45, 7) is 1.57. The lowest BCUT2D eigenvalue weighted by molar-refractivity contribution is 0.600. The Hall–Kier alpha value is -1.31. The summed E-state index contributed by atoms with van der Waals surface area (Å²) < 4.78 is 40.7. The van der Waals surface area contributed by atoms with Crippen LogP contribution in [0.4, 0.5) is 15.8 Å². The summed E-state index contributed by atoms with van der Waals surface area (Å²) in [6.07, 6.45) is 0. The number of hydrogen-bond acceptors (Lipinski definition) is 3. The standard InChI is InChI=1S/C13H11BrClFN2O2S/c1-7-12(17)4-8(15)5-13(7)21(19,20)18-9-2-3-10(14)11(16)6-9/h2-6,18H,17H2,1H3. The zero-order valence-corrected chi connectivity index (χ0v) is 14.0. The lowest BCUT2D eigenvalue weighted by Crippen LogP contribution is -2.15. The molecule has 0 atom stereocenters. The van der Waals surface area contributed by atoms with E-state index in [1.54, 1.807) is 6.92 Å². The van der Waals surface area contributed by atoms with E-state index in [0.29, 0.717) is 5.56 Å². The Morgan fingerprint density at radius 2 is 1.95 bits per heavy atom. The van der Waals surface area contributed by atoms with Crippen LogP contribution in [0.15, 0.2) is 39.7 Å². The molecule has 0 fully saturated rings. The van der Waals surface area contributed by atoms with Gasteiger partial charge in [-0.2, -0.15) is 0 Å². The molecular formula is C13H11BrClFN2O2S. The number of halogens is 3. The highest BCUT2D eigenvalue weighted by Crippen LogP contribution is 2.28. The second-order valence-corrected chi connectivity index (χ2v) is 7.29. The number of nitrogens with two attached hydrogens (primary N) is 1. The molecular weight excluding hydrogens is 383 g/mol. The van der Waals surface area contributed by atoms with Gasteiger partial charge in [-0.3, -0.25) is 4.72 Å². The van der Waals surface area contributed by atoms with Gasteiger partial charge in [0, 0.05) is 10.7 Å². The van der Waals surface area contributed by atoms with Crippen molar-refractivity contribution in [2.24, 2.45) is 0 Å². The quantitative estimate of drug-likeness (QED) is 0.776. The van der Waals surface area contributed by atoms with Gasteiger partial charge in [0.1, 0.15) is 5.82 Å². The third-order valence-corrected chi connectivity index (χ3v) is 5.20. The molecule has 0 bridgehead atoms. The van der Waals surface area contributed by atoms with Gasteiger partial charge < -0.3 is 5.73 Å². The molecule has 0 spiro atoms. The molecule has 0 heterocycles. The molecule has 0 aliphatic carbocycles. The van der Waals surface area contributed by atoms with Gasteiger partial charge in [-0.05, 0) is 58.7 Å². The molecule has 0 radical (unpaired) electrons. The highest BCUT2D eigenvalue weighted by atomic mass is 79.9. The van der Waals surface area contributed by atoms with Crippen LogP contribution >= 0.6 is 27.5 Å². The summed E-state index contributed by atoms with van der Waals surface area (Å²) in [5.41, 5.74) is 6.47. The fourth-order valence-electron chi connectivity index (χ4n) is 1.72. The second-order valence-electron chi connectivity index (χ2n) is 4.35. The summed E-state index contributed by atoms with van der Waals surface area (Å²) in [5.74, 6) is -0.572. The first kappa shape index (κ1) is 16.1. The minimum Gasteiger partial charge on any atom is -0.398 e. The van der Waals surface area contributed by atoms with Crippen LogP contribution < -0.4 is 10.5 Å². The number of rotatable bonds is 3. The van der Waals surface area contributed by atoms with Crippen LogP contribution in [-0.2, 0) is 10.0 Å². The smallest absolute Gasteiger partial charge is 0.262 e. The molecule has 0 saturated heterocycles. The van der Waals surface area contributed by atoms with Gasteiger partial charge in [0.15, 0.2) is 0 Å². The lowest BCUT2D eigenvalue weighted by atomic mass is 10.2. The molecule has 2 aromatic carbocycles. The number of benzene rings is 2. The molecule has 21 heavy (non-hydrogen) atoms. The highest BCUT2D eigenvalue weighted by Gasteiger charge is 2.19. The van der Waals surface area contributed by atoms with Crippen LogP contribution in [0, 0.1) is 12.7 Å². The van der Waals surface area contributed by atoms with Crippen LogP contribution in [0.1, 0.15) is 5.56 Å². The van der Waals surface area contributed by atoms with Crippen molar-refractivity contribution in [2.45, 2.75) is 11.8 Å². The van der Waals surface area contributed by atoms with Crippen molar-refractivity contribution in [3.8, 4) is 0 Å². The van der Waals surface area contributed by atoms with Crippen LogP contribution in [-0.4, -0.2) is 8.42 Å². The highest BCUT2D eigenvalue weighted by molar-refractivity contribution is 9.10. The molecule has 0 saturated carbocycles. The Kier molecular flexibility index (Phi) is 4.46. The monoisotopic (exact) mass is 392 g/mol. The molecule has 112 valence electrons. The summed E-state index contributed by atoms with van der Waals surface area (Å²) in [4.78, 5) is -0.0455. The van der Waals surface area contributed by atoms with Crippen LogP contribution in [0.3, 0.4) is 0 Å². The van der Waals surface area contributed by atoms with Crippen LogP contribution in [0.25, 0.3) is 0 Å². The van der Waals surface area contributed by atoms with E-state index < -0.39 is 15.8 Å². The third kappa shape index (κ3) is 3.48. The maximum absolute atomic E-state index is 13.4. The summed E-state index contributed by atoms with van der Waals surface area (Å²) in [6, 6.07) is 6.69. The maximum Gasteiger partial charge on any atom is 0.262 e. The zero-order valence-electron chi connectivity index (χ0n) is 10.8. The number of hydrogen-bond donors (Lipinski definition) is 2. The first-order valence-electron chi connectivity index (χ1n) is 5.74. The number of nitrogens with one attached hydrogen (secondary N) is 1. The molecule has 4 nitrogen and oxygen atoms in total. The first-order valence-corrected chi connectivity index (χ1v) is 8.39. The van der Waals surface area contributed by atoms with Gasteiger partial charge in [0.05, 0.1) is 15.1 Å². The Morgan fingerprint density at radius 1 is 1.29 bits per heavy atom. The van der Waals surface area contributed by atoms with E-state index >= 15 is 0 Å². The molecule has 2 rings (SSSR count). The molecule has 2 aromatic rings. The van der Waals surface area contributed by atoms with Crippen molar-refractivity contribution in [1.82, 2.24) is 0 Å². The summed E-state index contributed by atoms with van der Waals surface area (Å²) in [7, 11) is -3.92. The van der Waals surface area contributed by atoms with E-state index in [0.717, 1.165) is 6.07 Å². The second kappa shape index (κ2) is 5.82. The van der Waals surface area contributed by atoms with Gasteiger partial charge in [-0.1, -0.05) is 11.6 Å². The Bertz CT molecular complexity index is 812. The molecule has 0 aliphatic heterocycles. The van der Waals surface area contributed by atoms with Gasteiger partial charge >= 0.3 is 0 Å². The molecule has 8 heteroatoms. The van der Waals surface area contributed by atoms with E-state index in [-0.39, 0.29) is 25.8 Å². The Balaban J connectivity index is 2.45. The third-order valence-electron chi connectivity index (χ3n) is 2.83. The van der Waals surface area contributed by atoms with Crippen molar-refractivity contribution in [3.05, 3.63) is 51.2 Å². The Labute approximate surface area is 135 Å². The summed E-state index contributed by atoms with van der Waals surface area (Å²) in [5, 5.41) is 0.209. The average Bonchev–Trinajstić information content (AvgIpc) is 2.37. The molecule has 0 aromatic heterocycles.